The van der Waals surface area contributed by atoms with Gasteiger partial charge in [0.15, 0.2) is 0 Å². The topological polar surface area (TPSA) is 37.3 Å². The molecule has 25 heavy (non-hydrogen) atoms. The zero-order valence-corrected chi connectivity index (χ0v) is 15.6. The van der Waals surface area contributed by atoms with E-state index in [0.29, 0.717) is 0 Å². The normalized spacial score (nSPS) is 38.7. The summed E-state index contributed by atoms with van der Waals surface area (Å²) in [6, 6.07) is 4.82. The van der Waals surface area contributed by atoms with Gasteiger partial charge in [0.1, 0.15) is 0 Å². The first kappa shape index (κ1) is 15.8. The summed E-state index contributed by atoms with van der Waals surface area (Å²) < 4.78 is 2.39. The van der Waals surface area contributed by atoms with Crippen molar-refractivity contribution in [2.75, 3.05) is 6.54 Å². The molecule has 1 aliphatic heterocycles. The lowest BCUT2D eigenvalue weighted by Crippen LogP contribution is -2.62. The third-order valence-corrected chi connectivity index (χ3v) is 7.57. The van der Waals surface area contributed by atoms with Crippen molar-refractivity contribution in [1.29, 1.82) is 0 Å². The molecule has 2 amide bonds. The molecular formula is C21H31N3O. The summed E-state index contributed by atoms with van der Waals surface area (Å²) in [7, 11) is 0. The quantitative estimate of drug-likeness (QED) is 0.858. The highest BCUT2D eigenvalue weighted by atomic mass is 16.2. The SMILES string of the molecule is CC[C@H]1c2ccc(C)n2CCN1C(=O)NC12CC3CC(CC(C3)C1)C2. The molecule has 4 nitrogen and oxygen atoms in total. The highest BCUT2D eigenvalue weighted by molar-refractivity contribution is 5.76. The maximum Gasteiger partial charge on any atom is 0.318 e. The maximum absolute atomic E-state index is 13.3. The van der Waals surface area contributed by atoms with Gasteiger partial charge in [0.25, 0.3) is 0 Å². The van der Waals surface area contributed by atoms with Gasteiger partial charge in [-0.1, -0.05) is 6.92 Å². The van der Waals surface area contributed by atoms with Crippen LogP contribution in [0.2, 0.25) is 0 Å². The molecule has 1 atom stereocenters. The number of hydrogen-bond acceptors (Lipinski definition) is 1. The Bertz CT molecular complexity index is 656. The minimum atomic E-state index is 0.111. The molecule has 136 valence electrons. The number of nitrogens with one attached hydrogen (secondary N) is 1. The van der Waals surface area contributed by atoms with Crippen LogP contribution in [0.1, 0.15) is 69.3 Å². The van der Waals surface area contributed by atoms with E-state index in [9.17, 15) is 4.79 Å². The summed E-state index contributed by atoms with van der Waals surface area (Å²) in [5.41, 5.74) is 2.74. The van der Waals surface area contributed by atoms with Crippen LogP contribution in [-0.4, -0.2) is 27.6 Å². The van der Waals surface area contributed by atoms with Gasteiger partial charge in [0.05, 0.1) is 6.04 Å². The Hall–Kier alpha value is -1.45. The fraction of sp³-hybridized carbons (Fsp3) is 0.762. The molecule has 4 aliphatic carbocycles. The zero-order chi connectivity index (χ0) is 17.2. The molecule has 0 radical (unpaired) electrons. The average Bonchev–Trinajstić information content (AvgIpc) is 2.93. The third kappa shape index (κ3) is 2.43. The summed E-state index contributed by atoms with van der Waals surface area (Å²) in [5, 5.41) is 3.57. The maximum atomic E-state index is 13.3. The highest BCUT2D eigenvalue weighted by Crippen LogP contribution is 2.55. The van der Waals surface area contributed by atoms with E-state index < -0.39 is 0 Å². The molecule has 4 heteroatoms. The lowest BCUT2D eigenvalue weighted by Gasteiger charge is -2.57. The van der Waals surface area contributed by atoms with Crippen molar-refractivity contribution in [3.05, 3.63) is 23.5 Å². The van der Waals surface area contributed by atoms with E-state index in [0.717, 1.165) is 37.3 Å². The molecule has 4 fully saturated rings. The average molecular weight is 341 g/mol. The van der Waals surface area contributed by atoms with Gasteiger partial charge in [-0.3, -0.25) is 0 Å². The number of fused-ring (bicyclic) bond motifs is 1. The Morgan fingerprint density at radius 3 is 2.36 bits per heavy atom. The molecule has 0 unspecified atom stereocenters. The Morgan fingerprint density at radius 1 is 1.12 bits per heavy atom. The predicted molar refractivity (Wildman–Crippen MR) is 98.3 cm³/mol. The van der Waals surface area contributed by atoms with E-state index in [1.165, 1.54) is 49.9 Å². The van der Waals surface area contributed by atoms with Crippen molar-refractivity contribution in [1.82, 2.24) is 14.8 Å². The van der Waals surface area contributed by atoms with E-state index >= 15 is 0 Å². The van der Waals surface area contributed by atoms with Gasteiger partial charge in [-0.2, -0.15) is 0 Å². The Kier molecular flexibility index (Phi) is 3.48. The number of urea groups is 1. The lowest BCUT2D eigenvalue weighted by molar-refractivity contribution is -0.0169. The number of aromatic nitrogens is 1. The molecule has 1 N–H and O–H groups in total. The van der Waals surface area contributed by atoms with Crippen LogP contribution in [0.5, 0.6) is 0 Å². The van der Waals surface area contributed by atoms with Gasteiger partial charge >= 0.3 is 6.03 Å². The third-order valence-electron chi connectivity index (χ3n) is 7.57. The number of amides is 2. The van der Waals surface area contributed by atoms with Gasteiger partial charge < -0.3 is 14.8 Å². The number of aryl methyl sites for hydroxylation is 1. The molecule has 0 spiro atoms. The second kappa shape index (κ2) is 5.52. The molecule has 6 rings (SSSR count). The summed E-state index contributed by atoms with van der Waals surface area (Å²) in [5.74, 6) is 2.61. The van der Waals surface area contributed by atoms with E-state index in [1.54, 1.807) is 0 Å². The first-order valence-corrected chi connectivity index (χ1v) is 10.3. The first-order chi connectivity index (χ1) is 12.1. The van der Waals surface area contributed by atoms with Gasteiger partial charge in [-0.15, -0.1) is 0 Å². The van der Waals surface area contributed by atoms with Crippen molar-refractivity contribution >= 4 is 6.03 Å². The number of hydrogen-bond donors (Lipinski definition) is 1. The summed E-state index contributed by atoms with van der Waals surface area (Å²) in [4.78, 5) is 15.4. The summed E-state index contributed by atoms with van der Waals surface area (Å²) >= 11 is 0. The molecule has 1 aromatic heterocycles. The molecule has 4 bridgehead atoms. The Labute approximate surface area is 151 Å². The van der Waals surface area contributed by atoms with Crippen LogP contribution >= 0.6 is 0 Å². The van der Waals surface area contributed by atoms with Gasteiger partial charge in [-0.25, -0.2) is 4.79 Å². The van der Waals surface area contributed by atoms with Crippen LogP contribution in [0, 0.1) is 24.7 Å². The monoisotopic (exact) mass is 341 g/mol. The standard InChI is InChI=1S/C21H31N3O/c1-3-18-19-5-4-14(2)23(19)6-7-24(18)20(25)22-21-11-15-8-16(12-21)10-17(9-15)13-21/h4-5,15-18H,3,6-13H2,1-2H3,(H,22,25)/t15?,16?,17?,18-,21?/m0/s1. The van der Waals surface area contributed by atoms with Crippen molar-refractivity contribution < 1.29 is 4.79 Å². The van der Waals surface area contributed by atoms with Gasteiger partial charge in [0.2, 0.25) is 0 Å². The molecular weight excluding hydrogens is 310 g/mol. The van der Waals surface area contributed by atoms with E-state index in [1.807, 2.05) is 0 Å². The molecule has 0 aromatic carbocycles. The number of nitrogens with zero attached hydrogens (tertiary/aromatic N) is 2. The van der Waals surface area contributed by atoms with Gasteiger partial charge in [-0.05, 0) is 81.8 Å². The molecule has 2 heterocycles. The van der Waals surface area contributed by atoms with Crippen LogP contribution in [0.4, 0.5) is 4.79 Å². The number of carbonyl (C=O) groups excluding carboxylic acids is 1. The van der Waals surface area contributed by atoms with Crippen LogP contribution < -0.4 is 5.32 Å². The summed E-state index contributed by atoms with van der Waals surface area (Å²) in [6.07, 6.45) is 8.92. The first-order valence-electron chi connectivity index (χ1n) is 10.3. The van der Waals surface area contributed by atoms with Crippen molar-refractivity contribution in [3.63, 3.8) is 0 Å². The predicted octanol–water partition coefficient (Wildman–Crippen LogP) is 4.24. The van der Waals surface area contributed by atoms with Crippen LogP contribution in [-0.2, 0) is 6.54 Å². The van der Waals surface area contributed by atoms with E-state index in [2.05, 4.69) is 40.8 Å². The molecule has 1 aromatic rings. The van der Waals surface area contributed by atoms with Crippen molar-refractivity contribution in [2.24, 2.45) is 17.8 Å². The largest absolute Gasteiger partial charge is 0.345 e. The zero-order valence-electron chi connectivity index (χ0n) is 15.6. The van der Waals surface area contributed by atoms with Crippen LogP contribution in [0.25, 0.3) is 0 Å². The number of carbonyl (C=O) groups is 1. The van der Waals surface area contributed by atoms with Gasteiger partial charge in [0, 0.05) is 30.0 Å². The summed E-state index contributed by atoms with van der Waals surface area (Å²) in [6.45, 7) is 6.13. The van der Waals surface area contributed by atoms with Crippen LogP contribution in [0.15, 0.2) is 12.1 Å². The van der Waals surface area contributed by atoms with E-state index in [4.69, 9.17) is 0 Å². The minimum Gasteiger partial charge on any atom is -0.345 e. The lowest BCUT2D eigenvalue weighted by atomic mass is 9.53. The molecule has 4 saturated carbocycles. The smallest absolute Gasteiger partial charge is 0.318 e. The second-order valence-electron chi connectivity index (χ2n) is 9.30. The second-order valence-corrected chi connectivity index (χ2v) is 9.30. The van der Waals surface area contributed by atoms with Crippen molar-refractivity contribution in [2.45, 2.75) is 76.9 Å². The van der Waals surface area contributed by atoms with E-state index in [-0.39, 0.29) is 17.6 Å². The molecule has 5 aliphatic rings. The Balaban J connectivity index is 1.36. The fourth-order valence-corrected chi connectivity index (χ4v) is 6.94. The minimum absolute atomic E-state index is 0.111. The van der Waals surface area contributed by atoms with Crippen molar-refractivity contribution in [3.8, 4) is 0 Å². The highest BCUT2D eigenvalue weighted by Gasteiger charge is 2.52. The Morgan fingerprint density at radius 2 is 1.76 bits per heavy atom. The molecule has 0 saturated heterocycles. The fourth-order valence-electron chi connectivity index (χ4n) is 6.94. The van der Waals surface area contributed by atoms with Crippen LogP contribution in [0.3, 0.4) is 0 Å². The number of rotatable bonds is 2.